The summed E-state index contributed by atoms with van der Waals surface area (Å²) in [6, 6.07) is 16.9. The van der Waals surface area contributed by atoms with Crippen LogP contribution in [0.1, 0.15) is 36.1 Å². The molecule has 0 bridgehead atoms. The van der Waals surface area contributed by atoms with Crippen LogP contribution in [0.2, 0.25) is 0 Å². The molecule has 0 amide bonds. The minimum Gasteiger partial charge on any atom is -0.491 e. The summed E-state index contributed by atoms with van der Waals surface area (Å²) in [5.41, 5.74) is 3.77. The first kappa shape index (κ1) is 15.6. The van der Waals surface area contributed by atoms with Crippen LogP contribution >= 0.6 is 0 Å². The summed E-state index contributed by atoms with van der Waals surface area (Å²) in [4.78, 5) is 0. The highest BCUT2D eigenvalue weighted by atomic mass is 16.5. The van der Waals surface area contributed by atoms with Gasteiger partial charge in [-0.1, -0.05) is 49.4 Å². The lowest BCUT2D eigenvalue weighted by Crippen LogP contribution is -2.27. The highest BCUT2D eigenvalue weighted by molar-refractivity contribution is 5.38. The van der Waals surface area contributed by atoms with E-state index in [9.17, 15) is 0 Å². The zero-order valence-corrected chi connectivity index (χ0v) is 13.2. The van der Waals surface area contributed by atoms with Crippen molar-refractivity contribution in [2.45, 2.75) is 33.2 Å². The smallest absolute Gasteiger partial charge is 0.122 e. The van der Waals surface area contributed by atoms with Crippen molar-refractivity contribution in [3.8, 4) is 5.75 Å². The molecular weight excluding hydrogens is 258 g/mol. The Morgan fingerprint density at radius 2 is 1.76 bits per heavy atom. The maximum Gasteiger partial charge on any atom is 0.122 e. The van der Waals surface area contributed by atoms with Crippen LogP contribution in [0.5, 0.6) is 5.75 Å². The molecule has 0 aliphatic carbocycles. The molecule has 0 fully saturated rings. The molecule has 0 aliphatic rings. The normalized spacial score (nSPS) is 12.1. The lowest BCUT2D eigenvalue weighted by Gasteiger charge is -2.20. The fourth-order valence-corrected chi connectivity index (χ4v) is 2.33. The molecule has 2 rings (SSSR count). The minimum atomic E-state index is 0.228. The van der Waals surface area contributed by atoms with Gasteiger partial charge in [0.05, 0.1) is 6.04 Å². The van der Waals surface area contributed by atoms with Gasteiger partial charge in [0.2, 0.25) is 0 Å². The monoisotopic (exact) mass is 283 g/mol. The van der Waals surface area contributed by atoms with E-state index in [1.807, 2.05) is 12.1 Å². The van der Waals surface area contributed by atoms with Gasteiger partial charge in [0.15, 0.2) is 0 Å². The van der Waals surface area contributed by atoms with Gasteiger partial charge < -0.3 is 10.1 Å². The second-order valence-corrected chi connectivity index (χ2v) is 5.43. The molecule has 0 saturated heterocycles. The summed E-state index contributed by atoms with van der Waals surface area (Å²) in [6.45, 7) is 8.05. The van der Waals surface area contributed by atoms with Crippen molar-refractivity contribution in [3.05, 3.63) is 65.2 Å². The summed E-state index contributed by atoms with van der Waals surface area (Å²) in [7, 11) is 0. The van der Waals surface area contributed by atoms with Gasteiger partial charge in [0.1, 0.15) is 12.4 Å². The Morgan fingerprint density at radius 3 is 2.48 bits per heavy atom. The second kappa shape index (κ2) is 7.84. The minimum absolute atomic E-state index is 0.228. The Kier molecular flexibility index (Phi) is 5.82. The van der Waals surface area contributed by atoms with Crippen LogP contribution in [0.25, 0.3) is 0 Å². The fourth-order valence-electron chi connectivity index (χ4n) is 2.33. The van der Waals surface area contributed by atoms with Gasteiger partial charge in [0, 0.05) is 0 Å². The topological polar surface area (TPSA) is 21.3 Å². The SMILES string of the molecule is CCCNC(COc1cccc(C)c1C)c1ccccc1. The van der Waals surface area contributed by atoms with E-state index in [2.05, 4.69) is 62.5 Å². The van der Waals surface area contributed by atoms with Gasteiger partial charge in [-0.3, -0.25) is 0 Å². The number of benzene rings is 2. The van der Waals surface area contributed by atoms with E-state index < -0.39 is 0 Å². The van der Waals surface area contributed by atoms with Gasteiger partial charge in [-0.15, -0.1) is 0 Å². The Morgan fingerprint density at radius 1 is 1.00 bits per heavy atom. The molecule has 2 heteroatoms. The highest BCUT2D eigenvalue weighted by Crippen LogP contribution is 2.22. The molecule has 21 heavy (non-hydrogen) atoms. The molecule has 0 aromatic heterocycles. The molecule has 1 atom stereocenters. The first-order valence-corrected chi connectivity index (χ1v) is 7.69. The first-order valence-electron chi connectivity index (χ1n) is 7.69. The van der Waals surface area contributed by atoms with E-state index in [1.54, 1.807) is 0 Å². The molecule has 0 spiro atoms. The van der Waals surface area contributed by atoms with Crippen LogP contribution in [0, 0.1) is 13.8 Å². The molecular formula is C19H25NO. The maximum atomic E-state index is 6.07. The van der Waals surface area contributed by atoms with Crippen LogP contribution in [0.3, 0.4) is 0 Å². The summed E-state index contributed by atoms with van der Waals surface area (Å²) >= 11 is 0. The predicted octanol–water partition coefficient (Wildman–Crippen LogP) is 4.42. The average molecular weight is 283 g/mol. The standard InChI is InChI=1S/C19H25NO/c1-4-13-20-18(17-10-6-5-7-11-17)14-21-19-12-8-9-15(2)16(19)3/h5-12,18,20H,4,13-14H2,1-3H3. The van der Waals surface area contributed by atoms with Crippen molar-refractivity contribution in [2.75, 3.05) is 13.2 Å². The van der Waals surface area contributed by atoms with Crippen molar-refractivity contribution in [1.29, 1.82) is 0 Å². The van der Waals surface area contributed by atoms with Crippen LogP contribution in [0.15, 0.2) is 48.5 Å². The third kappa shape index (κ3) is 4.33. The third-order valence-electron chi connectivity index (χ3n) is 3.80. The molecule has 112 valence electrons. The van der Waals surface area contributed by atoms with Gasteiger partial charge in [0.25, 0.3) is 0 Å². The molecule has 0 saturated carbocycles. The quantitative estimate of drug-likeness (QED) is 0.812. The molecule has 2 nitrogen and oxygen atoms in total. The summed E-state index contributed by atoms with van der Waals surface area (Å²) in [5.74, 6) is 0.981. The maximum absolute atomic E-state index is 6.07. The van der Waals surface area contributed by atoms with E-state index in [1.165, 1.54) is 16.7 Å². The van der Waals surface area contributed by atoms with Crippen LogP contribution in [-0.2, 0) is 0 Å². The number of aryl methyl sites for hydroxylation is 1. The molecule has 0 heterocycles. The number of hydrogen-bond acceptors (Lipinski definition) is 2. The second-order valence-electron chi connectivity index (χ2n) is 5.43. The van der Waals surface area contributed by atoms with Crippen molar-refractivity contribution in [3.63, 3.8) is 0 Å². The van der Waals surface area contributed by atoms with Crippen LogP contribution < -0.4 is 10.1 Å². The Balaban J connectivity index is 2.07. The van der Waals surface area contributed by atoms with Gasteiger partial charge >= 0.3 is 0 Å². The number of ether oxygens (including phenoxy) is 1. The third-order valence-corrected chi connectivity index (χ3v) is 3.80. The van der Waals surface area contributed by atoms with Gasteiger partial charge in [-0.25, -0.2) is 0 Å². The molecule has 2 aromatic carbocycles. The van der Waals surface area contributed by atoms with Crippen molar-refractivity contribution < 1.29 is 4.74 Å². The summed E-state index contributed by atoms with van der Waals surface area (Å²) in [6.07, 6.45) is 1.12. The Hall–Kier alpha value is -1.80. The predicted molar refractivity (Wildman–Crippen MR) is 88.9 cm³/mol. The number of nitrogens with one attached hydrogen (secondary N) is 1. The number of hydrogen-bond donors (Lipinski definition) is 1. The summed E-state index contributed by atoms with van der Waals surface area (Å²) < 4.78 is 6.07. The molecule has 0 radical (unpaired) electrons. The summed E-state index contributed by atoms with van der Waals surface area (Å²) in [5, 5.41) is 3.57. The van der Waals surface area contributed by atoms with E-state index >= 15 is 0 Å². The molecule has 0 aliphatic heterocycles. The Labute approximate surface area is 128 Å². The zero-order valence-electron chi connectivity index (χ0n) is 13.2. The van der Waals surface area contributed by atoms with E-state index in [0.29, 0.717) is 6.61 Å². The highest BCUT2D eigenvalue weighted by Gasteiger charge is 2.12. The fraction of sp³-hybridized carbons (Fsp3) is 0.368. The molecule has 2 aromatic rings. The first-order chi connectivity index (χ1) is 10.2. The van der Waals surface area contributed by atoms with Gasteiger partial charge in [-0.05, 0) is 49.6 Å². The zero-order chi connectivity index (χ0) is 15.1. The largest absolute Gasteiger partial charge is 0.491 e. The van der Waals surface area contributed by atoms with Crippen molar-refractivity contribution >= 4 is 0 Å². The van der Waals surface area contributed by atoms with Gasteiger partial charge in [-0.2, -0.15) is 0 Å². The lowest BCUT2D eigenvalue weighted by molar-refractivity contribution is 0.265. The lowest BCUT2D eigenvalue weighted by atomic mass is 10.1. The Bertz CT molecular complexity index is 551. The van der Waals surface area contributed by atoms with Crippen molar-refractivity contribution in [2.24, 2.45) is 0 Å². The van der Waals surface area contributed by atoms with E-state index in [0.717, 1.165) is 18.7 Å². The van der Waals surface area contributed by atoms with E-state index in [-0.39, 0.29) is 6.04 Å². The molecule has 1 N–H and O–H groups in total. The molecule has 1 unspecified atom stereocenters. The number of rotatable bonds is 7. The average Bonchev–Trinajstić information content (AvgIpc) is 2.52. The van der Waals surface area contributed by atoms with Crippen LogP contribution in [0.4, 0.5) is 0 Å². The van der Waals surface area contributed by atoms with E-state index in [4.69, 9.17) is 4.74 Å². The van der Waals surface area contributed by atoms with Crippen LogP contribution in [-0.4, -0.2) is 13.2 Å². The van der Waals surface area contributed by atoms with Crippen molar-refractivity contribution in [1.82, 2.24) is 5.32 Å².